The van der Waals surface area contributed by atoms with Gasteiger partial charge in [-0.2, -0.15) is 5.10 Å². The highest BCUT2D eigenvalue weighted by Gasteiger charge is 2.16. The Bertz CT molecular complexity index is 1040. The highest BCUT2D eigenvalue weighted by Crippen LogP contribution is 2.16. The lowest BCUT2D eigenvalue weighted by Gasteiger charge is -2.04. The molecule has 2 aromatic heterocycles. The van der Waals surface area contributed by atoms with E-state index in [0.29, 0.717) is 27.8 Å². The van der Waals surface area contributed by atoms with Crippen molar-refractivity contribution in [2.45, 2.75) is 6.92 Å². The van der Waals surface area contributed by atoms with Gasteiger partial charge in [-0.05, 0) is 48.9 Å². The smallest absolute Gasteiger partial charge is 0.343 e. The molecule has 28 heavy (non-hydrogen) atoms. The molecule has 0 aliphatic carbocycles. The van der Waals surface area contributed by atoms with Crippen LogP contribution in [0.4, 0.5) is 0 Å². The monoisotopic (exact) mass is 400 g/mol. The first kappa shape index (κ1) is 19.4. The van der Waals surface area contributed by atoms with E-state index < -0.39 is 11.9 Å². The number of aromatic nitrogens is 2. The number of fused-ring (bicyclic) bond motifs is 1. The summed E-state index contributed by atoms with van der Waals surface area (Å²) in [6, 6.07) is 10.3. The number of rotatable bonds is 6. The summed E-state index contributed by atoms with van der Waals surface area (Å²) >= 11 is 6.00. The summed E-state index contributed by atoms with van der Waals surface area (Å²) in [6.07, 6.45) is 3.12. The number of hydrogen-bond donors (Lipinski definition) is 1. The third-order valence-corrected chi connectivity index (χ3v) is 4.04. The second-order valence-electron chi connectivity index (χ2n) is 5.75. The second-order valence-corrected chi connectivity index (χ2v) is 6.19. The number of carbonyl (C=O) groups is 2. The van der Waals surface area contributed by atoms with Crippen LogP contribution in [-0.2, 0) is 9.53 Å². The molecule has 0 aliphatic heterocycles. The number of methoxy groups -OCH3 is 1. The van der Waals surface area contributed by atoms with Crippen molar-refractivity contribution in [2.24, 2.45) is 5.10 Å². The van der Waals surface area contributed by atoms with Gasteiger partial charge < -0.3 is 9.47 Å². The van der Waals surface area contributed by atoms with Crippen LogP contribution in [0.5, 0.6) is 5.75 Å². The van der Waals surface area contributed by atoms with Gasteiger partial charge in [0.05, 0.1) is 24.0 Å². The van der Waals surface area contributed by atoms with Gasteiger partial charge in [-0.25, -0.2) is 15.2 Å². The summed E-state index contributed by atoms with van der Waals surface area (Å²) in [6.45, 7) is 1.58. The molecule has 0 radical (unpaired) electrons. The van der Waals surface area contributed by atoms with Gasteiger partial charge in [0.2, 0.25) is 0 Å². The Kier molecular flexibility index (Phi) is 5.90. The maximum Gasteiger partial charge on any atom is 0.343 e. The van der Waals surface area contributed by atoms with E-state index in [4.69, 9.17) is 16.3 Å². The molecule has 1 aromatic carbocycles. The third kappa shape index (κ3) is 4.47. The standard InChI is InChI=1S/C19H17ClN4O4/c1-12-18(24-10-14(20)5-8-16(24)22-12)19(26)23-21-9-13-3-6-15(7-4-13)28-11-17(25)27-2/h3-10H,11H2,1-2H3,(H,23,26)/b21-9-. The third-order valence-electron chi connectivity index (χ3n) is 3.82. The van der Waals surface area contributed by atoms with Gasteiger partial charge in [-0.1, -0.05) is 11.6 Å². The zero-order chi connectivity index (χ0) is 20.1. The van der Waals surface area contributed by atoms with Crippen molar-refractivity contribution >= 4 is 35.3 Å². The van der Waals surface area contributed by atoms with E-state index in [1.165, 1.54) is 13.3 Å². The summed E-state index contributed by atoms with van der Waals surface area (Å²) in [5.41, 5.74) is 4.78. The van der Waals surface area contributed by atoms with E-state index in [1.54, 1.807) is 53.9 Å². The molecule has 9 heteroatoms. The van der Waals surface area contributed by atoms with Gasteiger partial charge in [-0.15, -0.1) is 0 Å². The van der Waals surface area contributed by atoms with Gasteiger partial charge in [0.1, 0.15) is 17.1 Å². The van der Waals surface area contributed by atoms with E-state index in [0.717, 1.165) is 5.56 Å². The molecule has 3 aromatic rings. The first-order chi connectivity index (χ1) is 13.5. The number of hydrogen-bond acceptors (Lipinski definition) is 6. The van der Waals surface area contributed by atoms with Crippen molar-refractivity contribution < 1.29 is 19.1 Å². The fraction of sp³-hybridized carbons (Fsp3) is 0.158. The van der Waals surface area contributed by atoms with Crippen molar-refractivity contribution in [1.82, 2.24) is 14.8 Å². The Morgan fingerprint density at radius 1 is 1.25 bits per heavy atom. The maximum atomic E-state index is 12.5. The molecule has 0 bridgehead atoms. The number of carbonyl (C=O) groups excluding carboxylic acids is 2. The minimum atomic E-state index is -0.461. The SMILES string of the molecule is COC(=O)COc1ccc(/C=N\NC(=O)c2c(C)nc3ccc(Cl)cn23)cc1. The lowest BCUT2D eigenvalue weighted by molar-refractivity contribution is -0.142. The molecule has 0 saturated carbocycles. The largest absolute Gasteiger partial charge is 0.482 e. The number of halogens is 1. The van der Waals surface area contributed by atoms with E-state index in [9.17, 15) is 9.59 Å². The van der Waals surface area contributed by atoms with Crippen molar-refractivity contribution in [3.8, 4) is 5.75 Å². The maximum absolute atomic E-state index is 12.5. The molecular weight excluding hydrogens is 384 g/mol. The number of nitrogens with zero attached hydrogens (tertiary/aromatic N) is 3. The summed E-state index contributed by atoms with van der Waals surface area (Å²) in [5.74, 6) is -0.344. The highest BCUT2D eigenvalue weighted by molar-refractivity contribution is 6.30. The molecule has 0 fully saturated rings. The minimum absolute atomic E-state index is 0.164. The molecule has 1 amide bonds. The van der Waals surface area contributed by atoms with E-state index in [2.05, 4.69) is 20.2 Å². The van der Waals surface area contributed by atoms with Crippen LogP contribution < -0.4 is 10.2 Å². The number of esters is 1. The van der Waals surface area contributed by atoms with Crippen LogP contribution >= 0.6 is 11.6 Å². The molecule has 8 nitrogen and oxygen atoms in total. The number of hydrazone groups is 1. The molecule has 0 unspecified atom stereocenters. The lowest BCUT2D eigenvalue weighted by atomic mass is 10.2. The molecule has 144 valence electrons. The first-order valence-corrected chi connectivity index (χ1v) is 8.63. The summed E-state index contributed by atoms with van der Waals surface area (Å²) in [5, 5.41) is 4.47. The van der Waals surface area contributed by atoms with Gasteiger partial charge in [0, 0.05) is 6.20 Å². The molecule has 0 aliphatic rings. The quantitative estimate of drug-likeness (QED) is 0.390. The highest BCUT2D eigenvalue weighted by atomic mass is 35.5. The van der Waals surface area contributed by atoms with E-state index in [-0.39, 0.29) is 6.61 Å². The van der Waals surface area contributed by atoms with Crippen molar-refractivity contribution in [1.29, 1.82) is 0 Å². The van der Waals surface area contributed by atoms with Crippen LogP contribution in [0.3, 0.4) is 0 Å². The summed E-state index contributed by atoms with van der Waals surface area (Å²) in [4.78, 5) is 27.9. The van der Waals surface area contributed by atoms with Crippen LogP contribution in [0, 0.1) is 6.92 Å². The summed E-state index contributed by atoms with van der Waals surface area (Å²) in [7, 11) is 1.29. The molecular formula is C19H17ClN4O4. The number of pyridine rings is 1. The average Bonchev–Trinajstić information content (AvgIpc) is 3.02. The van der Waals surface area contributed by atoms with Crippen LogP contribution in [0.2, 0.25) is 5.02 Å². The van der Waals surface area contributed by atoms with E-state index in [1.807, 2.05) is 0 Å². The predicted octanol–water partition coefficient (Wildman–Crippen LogP) is 2.61. The van der Waals surface area contributed by atoms with Crippen molar-refractivity contribution in [2.75, 3.05) is 13.7 Å². The molecule has 1 N–H and O–H groups in total. The van der Waals surface area contributed by atoms with Crippen LogP contribution in [-0.4, -0.2) is 41.2 Å². The fourth-order valence-corrected chi connectivity index (χ4v) is 2.64. The topological polar surface area (TPSA) is 94.3 Å². The molecule has 2 heterocycles. The molecule has 0 saturated heterocycles. The number of amides is 1. The molecule has 3 rings (SSSR count). The first-order valence-electron chi connectivity index (χ1n) is 8.25. The van der Waals surface area contributed by atoms with Crippen LogP contribution in [0.1, 0.15) is 21.7 Å². The van der Waals surface area contributed by atoms with Gasteiger partial charge in [-0.3, -0.25) is 9.20 Å². The number of imidazole rings is 1. The van der Waals surface area contributed by atoms with E-state index >= 15 is 0 Å². The Morgan fingerprint density at radius 2 is 2.00 bits per heavy atom. The van der Waals surface area contributed by atoms with Gasteiger partial charge in [0.25, 0.3) is 5.91 Å². The van der Waals surface area contributed by atoms with Crippen molar-refractivity contribution in [3.63, 3.8) is 0 Å². The predicted molar refractivity (Wildman–Crippen MR) is 104 cm³/mol. The Hall–Kier alpha value is -3.39. The summed E-state index contributed by atoms with van der Waals surface area (Å²) < 4.78 is 11.4. The van der Waals surface area contributed by atoms with Gasteiger partial charge in [0.15, 0.2) is 6.61 Å². The zero-order valence-electron chi connectivity index (χ0n) is 15.2. The Labute approximate surface area is 165 Å². The number of nitrogens with one attached hydrogen (secondary N) is 1. The zero-order valence-corrected chi connectivity index (χ0v) is 15.9. The Morgan fingerprint density at radius 3 is 2.71 bits per heavy atom. The number of aryl methyl sites for hydroxylation is 1. The van der Waals surface area contributed by atoms with Crippen LogP contribution in [0.15, 0.2) is 47.7 Å². The average molecular weight is 401 g/mol. The number of benzene rings is 1. The number of ether oxygens (including phenoxy) is 2. The van der Waals surface area contributed by atoms with Crippen molar-refractivity contribution in [3.05, 3.63) is 64.6 Å². The van der Waals surface area contributed by atoms with Gasteiger partial charge >= 0.3 is 5.97 Å². The Balaban J connectivity index is 1.65. The van der Waals surface area contributed by atoms with Crippen LogP contribution in [0.25, 0.3) is 5.65 Å². The second kappa shape index (κ2) is 8.53. The lowest BCUT2D eigenvalue weighted by Crippen LogP contribution is -2.20. The minimum Gasteiger partial charge on any atom is -0.482 e. The molecule has 0 atom stereocenters. The normalized spacial score (nSPS) is 11.0. The molecule has 0 spiro atoms. The fourth-order valence-electron chi connectivity index (χ4n) is 2.48.